The van der Waals surface area contributed by atoms with Crippen LogP contribution < -0.4 is 19.1 Å². The van der Waals surface area contributed by atoms with E-state index in [2.05, 4.69) is 20.8 Å². The Morgan fingerprint density at radius 1 is 0.696 bits per heavy atom. The number of carbonyl (C=O) groups is 1. The van der Waals surface area contributed by atoms with Crippen LogP contribution >= 0.6 is 0 Å². The van der Waals surface area contributed by atoms with Crippen molar-refractivity contribution in [2.45, 2.75) is 33.3 Å². The first kappa shape index (κ1) is 30.3. The lowest BCUT2D eigenvalue weighted by Crippen LogP contribution is -2.44. The van der Waals surface area contributed by atoms with Crippen LogP contribution in [0, 0.1) is 10.8 Å². The van der Waals surface area contributed by atoms with Gasteiger partial charge in [-0.25, -0.2) is 4.79 Å². The van der Waals surface area contributed by atoms with Crippen molar-refractivity contribution in [3.63, 3.8) is 0 Å². The fourth-order valence-corrected chi connectivity index (χ4v) is 5.86. The minimum atomic E-state index is -0.415. The van der Waals surface area contributed by atoms with Gasteiger partial charge in [-0.1, -0.05) is 45.0 Å². The van der Waals surface area contributed by atoms with Gasteiger partial charge in [-0.2, -0.15) is 4.89 Å². The largest absolute Gasteiger partial charge is 0.493 e. The summed E-state index contributed by atoms with van der Waals surface area (Å²) >= 11 is 0. The number of ether oxygens (including phenoxy) is 5. The fourth-order valence-electron chi connectivity index (χ4n) is 5.86. The first-order chi connectivity index (χ1) is 22.3. The molecule has 238 valence electrons. The molecule has 0 N–H and O–H groups in total. The van der Waals surface area contributed by atoms with Gasteiger partial charge in [0, 0.05) is 16.7 Å². The molecule has 1 aliphatic carbocycles. The molecule has 7 rings (SSSR count). The minimum Gasteiger partial charge on any atom is -0.493 e. The second kappa shape index (κ2) is 12.4. The second-order valence-corrected chi connectivity index (χ2v) is 13.3. The number of carbonyl (C=O) groups excluding carboxylic acids is 1. The summed E-state index contributed by atoms with van der Waals surface area (Å²) < 4.78 is 28.1. The van der Waals surface area contributed by atoms with Crippen molar-refractivity contribution in [3.8, 4) is 34.1 Å². The summed E-state index contributed by atoms with van der Waals surface area (Å²) in [4.78, 5) is 24.2. The van der Waals surface area contributed by atoms with Gasteiger partial charge in [-0.3, -0.25) is 0 Å². The molecule has 46 heavy (non-hydrogen) atoms. The summed E-state index contributed by atoms with van der Waals surface area (Å²) in [5, 5.41) is 0. The molecule has 2 saturated heterocycles. The Hall–Kier alpha value is -4.37. The lowest BCUT2D eigenvalue weighted by Gasteiger charge is -2.37. The highest BCUT2D eigenvalue weighted by atomic mass is 17.2. The maximum absolute atomic E-state index is 12.9. The summed E-state index contributed by atoms with van der Waals surface area (Å²) in [5.41, 5.74) is 6.06. The molecule has 4 aromatic rings. The lowest BCUT2D eigenvalue weighted by atomic mass is 9.90. The summed E-state index contributed by atoms with van der Waals surface area (Å²) in [5.74, 6) is 2.35. The average Bonchev–Trinajstić information content (AvgIpc) is 3.32. The average molecular weight is 623 g/mol. The standard InChI is InChI=1S/C38H38O8/c1-25-34-16-30(45-36(39)27-6-10-29(11-7-27)43-24-38(3)21-41-22-38)12-14-32(34)33-15-13-31(17-35(25)33)46-44-18-26-4-8-28(9-5-26)42-23-37(2)19-40-20-37/h4-17,25H,18-24H2,1-3H3. The van der Waals surface area contributed by atoms with Crippen molar-refractivity contribution in [1.29, 1.82) is 0 Å². The topological polar surface area (TPSA) is 81.7 Å². The Bertz CT molecular complexity index is 1700. The minimum absolute atomic E-state index is 0.0539. The van der Waals surface area contributed by atoms with Crippen molar-refractivity contribution >= 4 is 5.97 Å². The third-order valence-electron chi connectivity index (χ3n) is 8.85. The highest BCUT2D eigenvalue weighted by Gasteiger charge is 2.35. The number of esters is 1. The third kappa shape index (κ3) is 6.47. The summed E-state index contributed by atoms with van der Waals surface area (Å²) in [6.45, 7) is 10.8. The molecule has 3 aliphatic rings. The SMILES string of the molecule is CC1c2cc(OOCc3ccc(OCC4(C)COC4)cc3)ccc2-c2ccc(OC(=O)c3ccc(OCC4(C)COC4)cc3)cc21. The molecule has 0 bridgehead atoms. The van der Waals surface area contributed by atoms with E-state index in [0.717, 1.165) is 46.8 Å². The van der Waals surface area contributed by atoms with Crippen LogP contribution in [-0.4, -0.2) is 45.6 Å². The smallest absolute Gasteiger partial charge is 0.343 e. The Kier molecular flexibility index (Phi) is 8.19. The predicted octanol–water partition coefficient (Wildman–Crippen LogP) is 7.38. The van der Waals surface area contributed by atoms with E-state index in [0.29, 0.717) is 55.8 Å². The number of rotatable bonds is 12. The summed E-state index contributed by atoms with van der Waals surface area (Å²) in [7, 11) is 0. The van der Waals surface area contributed by atoms with Crippen LogP contribution in [0.4, 0.5) is 0 Å². The quantitative estimate of drug-likeness (QED) is 0.0701. The molecule has 0 radical (unpaired) electrons. The number of fused-ring (bicyclic) bond motifs is 3. The van der Waals surface area contributed by atoms with E-state index in [9.17, 15) is 4.79 Å². The molecule has 1 unspecified atom stereocenters. The van der Waals surface area contributed by atoms with Crippen molar-refractivity contribution in [3.05, 3.63) is 107 Å². The zero-order valence-corrected chi connectivity index (χ0v) is 26.4. The van der Waals surface area contributed by atoms with Gasteiger partial charge in [0.05, 0.1) is 45.2 Å². The van der Waals surface area contributed by atoms with E-state index in [4.69, 9.17) is 33.5 Å². The van der Waals surface area contributed by atoms with E-state index >= 15 is 0 Å². The van der Waals surface area contributed by atoms with Crippen molar-refractivity contribution in [2.75, 3.05) is 39.6 Å². The fraction of sp³-hybridized carbons (Fsp3) is 0.342. The molecular formula is C38H38O8. The van der Waals surface area contributed by atoms with Gasteiger partial charge in [0.25, 0.3) is 0 Å². The van der Waals surface area contributed by atoms with Gasteiger partial charge in [0.15, 0.2) is 5.75 Å². The highest BCUT2D eigenvalue weighted by Crippen LogP contribution is 2.47. The maximum atomic E-state index is 12.9. The van der Waals surface area contributed by atoms with E-state index in [-0.39, 0.29) is 16.7 Å². The molecule has 2 fully saturated rings. The van der Waals surface area contributed by atoms with Gasteiger partial charge in [0.2, 0.25) is 0 Å². The molecule has 0 saturated carbocycles. The molecule has 2 heterocycles. The number of hydrogen-bond donors (Lipinski definition) is 0. The van der Waals surface area contributed by atoms with Gasteiger partial charge < -0.3 is 28.6 Å². The normalized spacial score (nSPS) is 18.4. The zero-order valence-electron chi connectivity index (χ0n) is 26.4. The molecule has 8 nitrogen and oxygen atoms in total. The van der Waals surface area contributed by atoms with Crippen LogP contribution in [0.25, 0.3) is 11.1 Å². The first-order valence-corrected chi connectivity index (χ1v) is 15.7. The predicted molar refractivity (Wildman–Crippen MR) is 171 cm³/mol. The summed E-state index contributed by atoms with van der Waals surface area (Å²) in [6, 6.07) is 26.6. The van der Waals surface area contributed by atoms with Crippen molar-refractivity contribution in [1.82, 2.24) is 0 Å². The van der Waals surface area contributed by atoms with Gasteiger partial charge >= 0.3 is 5.97 Å². The van der Waals surface area contributed by atoms with Gasteiger partial charge in [0.1, 0.15) is 23.9 Å². The van der Waals surface area contributed by atoms with Crippen molar-refractivity contribution in [2.24, 2.45) is 10.8 Å². The molecule has 0 aromatic heterocycles. The number of benzene rings is 4. The third-order valence-corrected chi connectivity index (χ3v) is 8.85. The number of hydrogen-bond acceptors (Lipinski definition) is 8. The first-order valence-electron chi connectivity index (χ1n) is 15.7. The molecule has 8 heteroatoms. The maximum Gasteiger partial charge on any atom is 0.343 e. The Balaban J connectivity index is 0.921. The zero-order chi connectivity index (χ0) is 31.7. The van der Waals surface area contributed by atoms with E-state index in [1.54, 1.807) is 24.3 Å². The molecule has 4 aromatic carbocycles. The molecule has 0 spiro atoms. The molecule has 0 amide bonds. The van der Waals surface area contributed by atoms with E-state index in [1.165, 1.54) is 0 Å². The van der Waals surface area contributed by atoms with Crippen LogP contribution in [0.3, 0.4) is 0 Å². The van der Waals surface area contributed by atoms with Crippen molar-refractivity contribution < 1.29 is 38.3 Å². The Morgan fingerprint density at radius 3 is 1.74 bits per heavy atom. The molecular weight excluding hydrogens is 584 g/mol. The second-order valence-electron chi connectivity index (χ2n) is 13.3. The van der Waals surface area contributed by atoms with Crippen LogP contribution in [0.5, 0.6) is 23.0 Å². The Labute approximate surface area is 269 Å². The van der Waals surface area contributed by atoms with Gasteiger partial charge in [-0.05, 0) is 88.5 Å². The van der Waals surface area contributed by atoms with Crippen LogP contribution in [0.15, 0.2) is 84.9 Å². The Morgan fingerprint density at radius 2 is 1.20 bits per heavy atom. The molecule has 1 atom stereocenters. The van der Waals surface area contributed by atoms with Crippen LogP contribution in [-0.2, 0) is 21.0 Å². The monoisotopic (exact) mass is 622 g/mol. The lowest BCUT2D eigenvalue weighted by molar-refractivity contribution is -0.217. The molecule has 2 aliphatic heterocycles. The van der Waals surface area contributed by atoms with E-state index in [1.807, 2.05) is 60.7 Å². The van der Waals surface area contributed by atoms with E-state index < -0.39 is 5.97 Å². The highest BCUT2D eigenvalue weighted by molar-refractivity contribution is 5.91. The van der Waals surface area contributed by atoms with Crippen LogP contribution in [0.1, 0.15) is 53.7 Å². The van der Waals surface area contributed by atoms with Crippen LogP contribution in [0.2, 0.25) is 0 Å². The van der Waals surface area contributed by atoms with Gasteiger partial charge in [-0.15, -0.1) is 0 Å². The summed E-state index contributed by atoms with van der Waals surface area (Å²) in [6.07, 6.45) is 0.